The van der Waals surface area contributed by atoms with Gasteiger partial charge in [0.2, 0.25) is 0 Å². The molecule has 1 aromatic carbocycles. The fourth-order valence-corrected chi connectivity index (χ4v) is 1.48. The minimum atomic E-state index is -0.346. The van der Waals surface area contributed by atoms with Crippen molar-refractivity contribution >= 4 is 17.7 Å². The van der Waals surface area contributed by atoms with Gasteiger partial charge in [0.05, 0.1) is 13.5 Å². The van der Waals surface area contributed by atoms with Crippen LogP contribution in [0.25, 0.3) is 0 Å². The van der Waals surface area contributed by atoms with Gasteiger partial charge in [-0.3, -0.25) is 4.79 Å². The molecule has 1 aromatic rings. The monoisotopic (exact) mass is 262 g/mol. The van der Waals surface area contributed by atoms with E-state index in [1.807, 2.05) is 18.2 Å². The summed E-state index contributed by atoms with van der Waals surface area (Å²) >= 11 is 0. The van der Waals surface area contributed by atoms with Gasteiger partial charge in [-0.25, -0.2) is 4.79 Å². The van der Waals surface area contributed by atoms with Crippen molar-refractivity contribution in [2.75, 3.05) is 25.5 Å². The first-order chi connectivity index (χ1) is 9.17. The van der Waals surface area contributed by atoms with E-state index in [1.54, 1.807) is 18.2 Å². The number of nitrogens with zero attached hydrogens (tertiary/aromatic N) is 1. The number of amides is 2. The number of carbonyl (C=O) groups is 2. The van der Waals surface area contributed by atoms with Crippen LogP contribution in [0.3, 0.4) is 0 Å². The summed E-state index contributed by atoms with van der Waals surface area (Å²) in [7, 11) is 1.32. The third-order valence-corrected chi connectivity index (χ3v) is 2.48. The van der Waals surface area contributed by atoms with E-state index in [2.05, 4.69) is 16.6 Å². The molecule has 0 aliphatic heterocycles. The molecule has 5 heteroatoms. The number of ether oxygens (including phenoxy) is 1. The number of methoxy groups -OCH3 is 1. The number of hydrogen-bond donors (Lipinski definition) is 1. The van der Waals surface area contributed by atoms with Gasteiger partial charge in [-0.15, -0.1) is 6.58 Å². The minimum Gasteiger partial charge on any atom is -0.469 e. The molecule has 0 aliphatic carbocycles. The zero-order valence-corrected chi connectivity index (χ0v) is 11.0. The molecule has 0 bridgehead atoms. The topological polar surface area (TPSA) is 58.6 Å². The molecule has 0 atom stereocenters. The normalized spacial score (nSPS) is 9.53. The standard InChI is InChI=1S/C14H18N2O3/c1-3-10-16(11-9-13(17)19-2)14(18)15-12-7-5-4-6-8-12/h3-8H,1,9-11H2,2H3,(H,15,18). The maximum Gasteiger partial charge on any atom is 0.322 e. The van der Waals surface area contributed by atoms with E-state index < -0.39 is 0 Å². The Labute approximate surface area is 112 Å². The van der Waals surface area contributed by atoms with Crippen LogP contribution in [0.5, 0.6) is 0 Å². The molecular formula is C14H18N2O3. The van der Waals surface area contributed by atoms with Gasteiger partial charge in [0, 0.05) is 18.8 Å². The lowest BCUT2D eigenvalue weighted by molar-refractivity contribution is -0.140. The SMILES string of the molecule is C=CCN(CCC(=O)OC)C(=O)Nc1ccccc1. The van der Waals surface area contributed by atoms with E-state index in [4.69, 9.17) is 0 Å². The lowest BCUT2D eigenvalue weighted by Crippen LogP contribution is -2.36. The highest BCUT2D eigenvalue weighted by Crippen LogP contribution is 2.07. The van der Waals surface area contributed by atoms with Crippen LogP contribution >= 0.6 is 0 Å². The zero-order chi connectivity index (χ0) is 14.1. The summed E-state index contributed by atoms with van der Waals surface area (Å²) in [6.45, 7) is 4.26. The third-order valence-electron chi connectivity index (χ3n) is 2.48. The molecule has 0 aromatic heterocycles. The number of urea groups is 1. The summed E-state index contributed by atoms with van der Waals surface area (Å²) in [4.78, 5) is 24.6. The lowest BCUT2D eigenvalue weighted by atomic mass is 10.3. The lowest BCUT2D eigenvalue weighted by Gasteiger charge is -2.21. The summed E-state index contributed by atoms with van der Waals surface area (Å²) < 4.78 is 4.55. The largest absolute Gasteiger partial charge is 0.469 e. The van der Waals surface area contributed by atoms with Crippen LogP contribution in [-0.2, 0) is 9.53 Å². The third kappa shape index (κ3) is 5.25. The molecule has 0 unspecified atom stereocenters. The Balaban J connectivity index is 2.57. The molecule has 0 saturated heterocycles. The zero-order valence-electron chi connectivity index (χ0n) is 11.0. The molecule has 19 heavy (non-hydrogen) atoms. The van der Waals surface area contributed by atoms with Crippen LogP contribution in [0, 0.1) is 0 Å². The summed E-state index contributed by atoms with van der Waals surface area (Å²) in [5.74, 6) is -0.346. The first-order valence-corrected chi connectivity index (χ1v) is 5.96. The minimum absolute atomic E-state index is 0.159. The highest BCUT2D eigenvalue weighted by Gasteiger charge is 2.13. The molecule has 0 aliphatic rings. The van der Waals surface area contributed by atoms with E-state index in [1.165, 1.54) is 12.0 Å². The second-order valence-electron chi connectivity index (χ2n) is 3.86. The molecule has 0 spiro atoms. The highest BCUT2D eigenvalue weighted by atomic mass is 16.5. The van der Waals surface area contributed by atoms with Gasteiger partial charge in [0.1, 0.15) is 0 Å². The van der Waals surface area contributed by atoms with E-state index in [0.29, 0.717) is 12.2 Å². The number of carbonyl (C=O) groups excluding carboxylic acids is 2. The molecule has 0 heterocycles. The van der Waals surface area contributed by atoms with Gasteiger partial charge >= 0.3 is 12.0 Å². The Hall–Kier alpha value is -2.30. The Morgan fingerprint density at radius 1 is 1.37 bits per heavy atom. The van der Waals surface area contributed by atoms with E-state index in [9.17, 15) is 9.59 Å². The Morgan fingerprint density at radius 3 is 2.63 bits per heavy atom. The molecule has 0 saturated carbocycles. The number of hydrogen-bond acceptors (Lipinski definition) is 3. The van der Waals surface area contributed by atoms with Crippen LogP contribution in [0.1, 0.15) is 6.42 Å². The predicted molar refractivity (Wildman–Crippen MR) is 73.9 cm³/mol. The van der Waals surface area contributed by atoms with E-state index >= 15 is 0 Å². The molecule has 5 nitrogen and oxygen atoms in total. The average molecular weight is 262 g/mol. The molecule has 1 N–H and O–H groups in total. The number of para-hydroxylation sites is 1. The van der Waals surface area contributed by atoms with Crippen LogP contribution in [0.4, 0.5) is 10.5 Å². The van der Waals surface area contributed by atoms with Crippen LogP contribution in [0.15, 0.2) is 43.0 Å². The van der Waals surface area contributed by atoms with Crippen molar-refractivity contribution in [1.29, 1.82) is 0 Å². The van der Waals surface area contributed by atoms with Crippen LogP contribution < -0.4 is 5.32 Å². The smallest absolute Gasteiger partial charge is 0.322 e. The fraction of sp³-hybridized carbons (Fsp3) is 0.286. The number of rotatable bonds is 6. The maximum atomic E-state index is 12.0. The average Bonchev–Trinajstić information content (AvgIpc) is 2.44. The van der Waals surface area contributed by atoms with Crippen molar-refractivity contribution in [2.45, 2.75) is 6.42 Å². The summed E-state index contributed by atoms with van der Waals surface area (Å²) in [5.41, 5.74) is 0.708. The maximum absolute atomic E-state index is 12.0. The highest BCUT2D eigenvalue weighted by molar-refractivity contribution is 5.89. The second-order valence-corrected chi connectivity index (χ2v) is 3.86. The molecule has 0 radical (unpaired) electrons. The van der Waals surface area contributed by atoms with Crippen molar-refractivity contribution in [3.63, 3.8) is 0 Å². The summed E-state index contributed by atoms with van der Waals surface area (Å²) in [6.07, 6.45) is 1.77. The molecular weight excluding hydrogens is 244 g/mol. The van der Waals surface area contributed by atoms with Gasteiger partial charge < -0.3 is 15.0 Å². The van der Waals surface area contributed by atoms with Crippen molar-refractivity contribution in [1.82, 2.24) is 4.90 Å². The van der Waals surface area contributed by atoms with Gasteiger partial charge in [0.15, 0.2) is 0 Å². The van der Waals surface area contributed by atoms with Crippen LogP contribution in [0.2, 0.25) is 0 Å². The van der Waals surface area contributed by atoms with Crippen molar-refractivity contribution in [3.05, 3.63) is 43.0 Å². The Kier molecular flexibility index (Phi) is 6.15. The number of esters is 1. The second kappa shape index (κ2) is 7.92. The quantitative estimate of drug-likeness (QED) is 0.632. The molecule has 2 amide bonds. The molecule has 102 valence electrons. The fourth-order valence-electron chi connectivity index (χ4n) is 1.48. The van der Waals surface area contributed by atoms with Gasteiger partial charge in [-0.2, -0.15) is 0 Å². The van der Waals surface area contributed by atoms with Crippen molar-refractivity contribution in [3.8, 4) is 0 Å². The first kappa shape index (κ1) is 14.8. The number of anilines is 1. The van der Waals surface area contributed by atoms with Crippen LogP contribution in [-0.4, -0.2) is 37.1 Å². The first-order valence-electron chi connectivity index (χ1n) is 5.96. The van der Waals surface area contributed by atoms with E-state index in [-0.39, 0.29) is 25.0 Å². The van der Waals surface area contributed by atoms with Gasteiger partial charge in [-0.05, 0) is 12.1 Å². The predicted octanol–water partition coefficient (Wildman–Crippen LogP) is 2.27. The molecule has 0 fully saturated rings. The summed E-state index contributed by atoms with van der Waals surface area (Å²) in [5, 5.41) is 2.76. The Morgan fingerprint density at radius 2 is 2.05 bits per heavy atom. The van der Waals surface area contributed by atoms with Crippen molar-refractivity contribution in [2.24, 2.45) is 0 Å². The van der Waals surface area contributed by atoms with Crippen molar-refractivity contribution < 1.29 is 14.3 Å². The Bertz CT molecular complexity index is 432. The summed E-state index contributed by atoms with van der Waals surface area (Å²) in [6, 6.07) is 8.86. The van der Waals surface area contributed by atoms with E-state index in [0.717, 1.165) is 0 Å². The number of nitrogens with one attached hydrogen (secondary N) is 1. The number of benzene rings is 1. The van der Waals surface area contributed by atoms with Gasteiger partial charge in [0.25, 0.3) is 0 Å². The van der Waals surface area contributed by atoms with Gasteiger partial charge in [-0.1, -0.05) is 24.3 Å². The molecule has 1 rings (SSSR count).